The van der Waals surface area contributed by atoms with Gasteiger partial charge in [0.2, 0.25) is 0 Å². The molecule has 0 saturated heterocycles. The molecule has 2 aliphatic rings. The molecule has 0 radical (unpaired) electrons. The molecular weight excluding hydrogens is 156 g/mol. The van der Waals surface area contributed by atoms with Gasteiger partial charge in [0.05, 0.1) is 0 Å². The maximum atomic E-state index is 2.45. The third-order valence-corrected chi connectivity index (χ3v) is 4.56. The number of hydrogen-bond donors (Lipinski definition) is 0. The van der Waals surface area contributed by atoms with Gasteiger partial charge in [0.25, 0.3) is 0 Å². The van der Waals surface area contributed by atoms with Gasteiger partial charge < -0.3 is 0 Å². The van der Waals surface area contributed by atoms with E-state index in [4.69, 9.17) is 0 Å². The zero-order chi connectivity index (χ0) is 9.26. The first-order chi connectivity index (χ1) is 6.29. The molecule has 2 aliphatic carbocycles. The highest BCUT2D eigenvalue weighted by molar-refractivity contribution is 4.84. The second kappa shape index (κ2) is 4.02. The minimum atomic E-state index is 1.02. The Bertz CT molecular complexity index is 161. The maximum absolute atomic E-state index is 2.45. The first-order valence-electron chi connectivity index (χ1n) is 6.29. The van der Waals surface area contributed by atoms with E-state index in [9.17, 15) is 0 Å². The van der Waals surface area contributed by atoms with Gasteiger partial charge in [0, 0.05) is 0 Å². The summed E-state index contributed by atoms with van der Waals surface area (Å²) in [6, 6.07) is 0. The van der Waals surface area contributed by atoms with Crippen LogP contribution in [0.15, 0.2) is 0 Å². The third kappa shape index (κ3) is 2.08. The van der Waals surface area contributed by atoms with E-state index in [-0.39, 0.29) is 0 Å². The fraction of sp³-hybridized carbons (Fsp3) is 1.00. The minimum absolute atomic E-state index is 1.02. The summed E-state index contributed by atoms with van der Waals surface area (Å²) in [6.07, 6.45) is 10.7. The molecule has 0 bridgehead atoms. The third-order valence-electron chi connectivity index (χ3n) is 4.56. The summed E-state index contributed by atoms with van der Waals surface area (Å²) in [5.74, 6) is 4.34. The summed E-state index contributed by atoms with van der Waals surface area (Å²) in [7, 11) is 0. The predicted octanol–water partition coefficient (Wildman–Crippen LogP) is 4.25. The van der Waals surface area contributed by atoms with Gasteiger partial charge in [-0.25, -0.2) is 0 Å². The smallest absolute Gasteiger partial charge is 0.0381 e. The van der Waals surface area contributed by atoms with Gasteiger partial charge >= 0.3 is 0 Å². The van der Waals surface area contributed by atoms with Crippen LogP contribution in [0.1, 0.15) is 58.8 Å². The molecule has 2 saturated carbocycles. The van der Waals surface area contributed by atoms with E-state index in [0.29, 0.717) is 0 Å². The Kier molecular flexibility index (Phi) is 2.96. The molecule has 0 heteroatoms. The van der Waals surface area contributed by atoms with Crippen LogP contribution in [-0.4, -0.2) is 0 Å². The molecule has 2 fully saturated rings. The molecular formula is C13H24. The first kappa shape index (κ1) is 9.55. The van der Waals surface area contributed by atoms with Crippen molar-refractivity contribution in [1.82, 2.24) is 0 Å². The van der Waals surface area contributed by atoms with Crippen molar-refractivity contribution in [2.24, 2.45) is 23.7 Å². The summed E-state index contributed by atoms with van der Waals surface area (Å²) in [5, 5.41) is 0. The standard InChI is InChI=1S/C13H24/c1-3-11-5-7-12-6-4-10(2)8-13(12)9-11/h10-13H,3-9H2,1-2H3. The summed E-state index contributed by atoms with van der Waals surface area (Å²) < 4.78 is 0. The van der Waals surface area contributed by atoms with Crippen LogP contribution >= 0.6 is 0 Å². The van der Waals surface area contributed by atoms with Crippen molar-refractivity contribution < 1.29 is 0 Å². The molecule has 0 aromatic heterocycles. The Morgan fingerprint density at radius 1 is 0.923 bits per heavy atom. The van der Waals surface area contributed by atoms with Crippen LogP contribution in [0.4, 0.5) is 0 Å². The van der Waals surface area contributed by atoms with Crippen molar-refractivity contribution in [2.75, 3.05) is 0 Å². The lowest BCUT2D eigenvalue weighted by Gasteiger charge is -2.41. The monoisotopic (exact) mass is 180 g/mol. The molecule has 76 valence electrons. The Morgan fingerprint density at radius 3 is 2.46 bits per heavy atom. The molecule has 0 heterocycles. The molecule has 13 heavy (non-hydrogen) atoms. The summed E-state index contributed by atoms with van der Waals surface area (Å²) in [4.78, 5) is 0. The Balaban J connectivity index is 1.91. The average Bonchev–Trinajstić information content (AvgIpc) is 2.16. The van der Waals surface area contributed by atoms with Crippen LogP contribution in [0.2, 0.25) is 0 Å². The normalized spacial score (nSPS) is 45.7. The van der Waals surface area contributed by atoms with Crippen molar-refractivity contribution in [3.63, 3.8) is 0 Å². The largest absolute Gasteiger partial charge is 0.0651 e. The van der Waals surface area contributed by atoms with Crippen LogP contribution in [0.5, 0.6) is 0 Å². The Hall–Kier alpha value is 0. The van der Waals surface area contributed by atoms with Gasteiger partial charge in [0.1, 0.15) is 0 Å². The van der Waals surface area contributed by atoms with Crippen molar-refractivity contribution in [3.05, 3.63) is 0 Å². The molecule has 0 N–H and O–H groups in total. The fourth-order valence-corrected chi connectivity index (χ4v) is 3.60. The molecule has 0 aromatic carbocycles. The van der Waals surface area contributed by atoms with Gasteiger partial charge in [-0.1, -0.05) is 33.1 Å². The summed E-state index contributed by atoms with van der Waals surface area (Å²) in [5.41, 5.74) is 0. The molecule has 0 aliphatic heterocycles. The van der Waals surface area contributed by atoms with E-state index in [1.165, 1.54) is 19.3 Å². The highest BCUT2D eigenvalue weighted by Gasteiger charge is 2.33. The predicted molar refractivity (Wildman–Crippen MR) is 57.6 cm³/mol. The first-order valence-corrected chi connectivity index (χ1v) is 6.29. The minimum Gasteiger partial charge on any atom is -0.0651 e. The second-order valence-electron chi connectivity index (χ2n) is 5.53. The molecule has 0 spiro atoms. The number of hydrogen-bond acceptors (Lipinski definition) is 0. The molecule has 2 rings (SSSR count). The van der Waals surface area contributed by atoms with E-state index in [1.807, 2.05) is 0 Å². The number of rotatable bonds is 1. The van der Waals surface area contributed by atoms with Crippen LogP contribution in [-0.2, 0) is 0 Å². The average molecular weight is 180 g/mol. The highest BCUT2D eigenvalue weighted by Crippen LogP contribution is 2.45. The van der Waals surface area contributed by atoms with Crippen molar-refractivity contribution in [3.8, 4) is 0 Å². The van der Waals surface area contributed by atoms with E-state index < -0.39 is 0 Å². The lowest BCUT2D eigenvalue weighted by molar-refractivity contribution is 0.102. The lowest BCUT2D eigenvalue weighted by atomic mass is 9.65. The van der Waals surface area contributed by atoms with Crippen LogP contribution in [0, 0.1) is 23.7 Å². The molecule has 0 aromatic rings. The highest BCUT2D eigenvalue weighted by atomic mass is 14.4. The van der Waals surface area contributed by atoms with Crippen LogP contribution < -0.4 is 0 Å². The van der Waals surface area contributed by atoms with Crippen molar-refractivity contribution in [1.29, 1.82) is 0 Å². The Morgan fingerprint density at radius 2 is 1.69 bits per heavy atom. The van der Waals surface area contributed by atoms with Gasteiger partial charge in [-0.2, -0.15) is 0 Å². The molecule has 0 nitrogen and oxygen atoms in total. The molecule has 4 atom stereocenters. The van der Waals surface area contributed by atoms with E-state index in [0.717, 1.165) is 23.7 Å². The molecule has 4 unspecified atom stereocenters. The van der Waals surface area contributed by atoms with Gasteiger partial charge in [0.15, 0.2) is 0 Å². The topological polar surface area (TPSA) is 0 Å². The zero-order valence-electron chi connectivity index (χ0n) is 9.26. The van der Waals surface area contributed by atoms with Crippen molar-refractivity contribution >= 4 is 0 Å². The number of fused-ring (bicyclic) bond motifs is 1. The lowest BCUT2D eigenvalue weighted by Crippen LogP contribution is -2.30. The van der Waals surface area contributed by atoms with Gasteiger partial charge in [-0.15, -0.1) is 0 Å². The summed E-state index contributed by atoms with van der Waals surface area (Å²) >= 11 is 0. The van der Waals surface area contributed by atoms with Crippen LogP contribution in [0.3, 0.4) is 0 Å². The fourth-order valence-electron chi connectivity index (χ4n) is 3.60. The molecule has 0 amide bonds. The van der Waals surface area contributed by atoms with Crippen LogP contribution in [0.25, 0.3) is 0 Å². The van der Waals surface area contributed by atoms with Gasteiger partial charge in [-0.05, 0) is 49.4 Å². The van der Waals surface area contributed by atoms with E-state index in [1.54, 1.807) is 25.7 Å². The Labute approximate surface area is 83.1 Å². The van der Waals surface area contributed by atoms with Gasteiger partial charge in [-0.3, -0.25) is 0 Å². The summed E-state index contributed by atoms with van der Waals surface area (Å²) in [6.45, 7) is 4.82. The van der Waals surface area contributed by atoms with Crippen molar-refractivity contribution in [2.45, 2.75) is 58.8 Å². The van der Waals surface area contributed by atoms with E-state index in [2.05, 4.69) is 13.8 Å². The maximum Gasteiger partial charge on any atom is -0.0381 e. The van der Waals surface area contributed by atoms with E-state index >= 15 is 0 Å². The second-order valence-corrected chi connectivity index (χ2v) is 5.53. The zero-order valence-corrected chi connectivity index (χ0v) is 9.26. The SMILES string of the molecule is CCC1CCC2CCC(C)CC2C1. The quantitative estimate of drug-likeness (QED) is 0.566.